The van der Waals surface area contributed by atoms with Gasteiger partial charge < -0.3 is 10.4 Å². The summed E-state index contributed by atoms with van der Waals surface area (Å²) in [7, 11) is 0. The van der Waals surface area contributed by atoms with E-state index < -0.39 is 5.97 Å². The molecule has 1 amide bonds. The molecule has 0 fully saturated rings. The highest BCUT2D eigenvalue weighted by Gasteiger charge is 2.12. The zero-order valence-corrected chi connectivity index (χ0v) is 12.3. The van der Waals surface area contributed by atoms with Crippen molar-refractivity contribution in [3.05, 3.63) is 34.9 Å². The summed E-state index contributed by atoms with van der Waals surface area (Å²) in [4.78, 5) is 22.4. The van der Waals surface area contributed by atoms with Crippen LogP contribution in [0.5, 0.6) is 0 Å². The number of hydrogen-bond donors (Lipinski definition) is 2. The van der Waals surface area contributed by atoms with E-state index in [0.717, 1.165) is 12.0 Å². The second kappa shape index (κ2) is 8.59. The molecule has 0 aliphatic rings. The smallest absolute Gasteiger partial charge is 0.303 e. The number of carboxylic acid groups (broad SMARTS) is 1. The molecule has 0 aliphatic heterocycles. The molecule has 2 N–H and O–H groups in total. The number of halogens is 1. The molecule has 0 bridgehead atoms. The Hall–Kier alpha value is -1.55. The molecule has 20 heavy (non-hydrogen) atoms. The van der Waals surface area contributed by atoms with Crippen LogP contribution in [0.3, 0.4) is 0 Å². The van der Waals surface area contributed by atoms with Crippen molar-refractivity contribution in [2.45, 2.75) is 32.6 Å². The van der Waals surface area contributed by atoms with Crippen LogP contribution < -0.4 is 5.32 Å². The standard InChI is InChI=1S/C15H20ClNO3/c1-2-11(9-15(19)20)10-17-14(18)8-7-12-5-3-4-6-13(12)16/h3-6,11H,2,7-10H2,1H3,(H,17,18)(H,19,20). The van der Waals surface area contributed by atoms with Crippen molar-refractivity contribution in [2.24, 2.45) is 5.92 Å². The van der Waals surface area contributed by atoms with E-state index in [-0.39, 0.29) is 18.2 Å². The van der Waals surface area contributed by atoms with Crippen LogP contribution >= 0.6 is 11.6 Å². The van der Waals surface area contributed by atoms with E-state index in [0.29, 0.717) is 24.4 Å². The van der Waals surface area contributed by atoms with Crippen molar-refractivity contribution in [3.8, 4) is 0 Å². The number of amides is 1. The van der Waals surface area contributed by atoms with Gasteiger partial charge in [-0.25, -0.2) is 0 Å². The minimum Gasteiger partial charge on any atom is -0.481 e. The summed E-state index contributed by atoms with van der Waals surface area (Å²) in [6, 6.07) is 7.44. The quantitative estimate of drug-likeness (QED) is 0.775. The summed E-state index contributed by atoms with van der Waals surface area (Å²) in [5.74, 6) is -0.923. The minimum absolute atomic E-state index is 0.0169. The zero-order valence-electron chi connectivity index (χ0n) is 11.6. The first kappa shape index (κ1) is 16.5. The van der Waals surface area contributed by atoms with Gasteiger partial charge in [0, 0.05) is 24.4 Å². The predicted octanol–water partition coefficient (Wildman–Crippen LogP) is 2.89. The topological polar surface area (TPSA) is 66.4 Å². The Morgan fingerprint density at radius 2 is 2.05 bits per heavy atom. The lowest BCUT2D eigenvalue weighted by Crippen LogP contribution is -2.30. The molecule has 4 nitrogen and oxygen atoms in total. The Morgan fingerprint density at radius 1 is 1.35 bits per heavy atom. The highest BCUT2D eigenvalue weighted by Crippen LogP contribution is 2.16. The second-order valence-corrected chi connectivity index (χ2v) is 5.17. The maximum Gasteiger partial charge on any atom is 0.303 e. The van der Waals surface area contributed by atoms with Crippen LogP contribution in [0.1, 0.15) is 31.7 Å². The maximum absolute atomic E-state index is 11.7. The summed E-state index contributed by atoms with van der Waals surface area (Å²) in [6.45, 7) is 2.33. The lowest BCUT2D eigenvalue weighted by Gasteiger charge is -2.13. The number of carboxylic acids is 1. The fourth-order valence-corrected chi connectivity index (χ4v) is 2.13. The summed E-state index contributed by atoms with van der Waals surface area (Å²) in [5.41, 5.74) is 0.946. The van der Waals surface area contributed by atoms with E-state index in [1.165, 1.54) is 0 Å². The Balaban J connectivity index is 2.33. The summed E-state index contributed by atoms with van der Waals surface area (Å²) < 4.78 is 0. The third-order valence-electron chi connectivity index (χ3n) is 3.21. The molecule has 0 saturated heterocycles. The van der Waals surface area contributed by atoms with Crippen LogP contribution in [-0.2, 0) is 16.0 Å². The van der Waals surface area contributed by atoms with Crippen molar-refractivity contribution in [1.29, 1.82) is 0 Å². The molecule has 1 unspecified atom stereocenters. The number of carbonyl (C=O) groups excluding carboxylic acids is 1. The van der Waals surface area contributed by atoms with E-state index in [1.54, 1.807) is 6.07 Å². The lowest BCUT2D eigenvalue weighted by molar-refractivity contribution is -0.138. The fourth-order valence-electron chi connectivity index (χ4n) is 1.90. The van der Waals surface area contributed by atoms with Crippen LogP contribution in [0.25, 0.3) is 0 Å². The average molecular weight is 298 g/mol. The molecule has 0 radical (unpaired) electrons. The summed E-state index contributed by atoms with van der Waals surface area (Å²) in [6.07, 6.45) is 1.76. The number of hydrogen-bond acceptors (Lipinski definition) is 2. The van der Waals surface area contributed by atoms with Crippen molar-refractivity contribution in [2.75, 3.05) is 6.54 Å². The van der Waals surface area contributed by atoms with Crippen LogP contribution in [0.4, 0.5) is 0 Å². The van der Waals surface area contributed by atoms with E-state index in [9.17, 15) is 9.59 Å². The van der Waals surface area contributed by atoms with Crippen molar-refractivity contribution >= 4 is 23.5 Å². The van der Waals surface area contributed by atoms with E-state index >= 15 is 0 Å². The molecule has 0 aromatic heterocycles. The Morgan fingerprint density at radius 3 is 2.65 bits per heavy atom. The van der Waals surface area contributed by atoms with Crippen molar-refractivity contribution in [3.63, 3.8) is 0 Å². The number of aryl methyl sites for hydroxylation is 1. The van der Waals surface area contributed by atoms with Gasteiger partial charge in [0.1, 0.15) is 0 Å². The molecule has 0 saturated carbocycles. The first-order chi connectivity index (χ1) is 9.52. The number of nitrogens with one attached hydrogen (secondary N) is 1. The third kappa shape index (κ3) is 6.06. The van der Waals surface area contributed by atoms with Gasteiger partial charge in [0.2, 0.25) is 5.91 Å². The second-order valence-electron chi connectivity index (χ2n) is 4.77. The normalized spacial score (nSPS) is 11.9. The van der Waals surface area contributed by atoms with E-state index in [4.69, 9.17) is 16.7 Å². The summed E-state index contributed by atoms with van der Waals surface area (Å²) in [5, 5.41) is 12.2. The predicted molar refractivity (Wildman–Crippen MR) is 78.8 cm³/mol. The van der Waals surface area contributed by atoms with Crippen molar-refractivity contribution in [1.82, 2.24) is 5.32 Å². The average Bonchev–Trinajstić information content (AvgIpc) is 2.42. The highest BCUT2D eigenvalue weighted by molar-refractivity contribution is 6.31. The molecule has 1 atom stereocenters. The van der Waals surface area contributed by atoms with Gasteiger partial charge in [-0.15, -0.1) is 0 Å². The molecule has 0 aliphatic carbocycles. The lowest BCUT2D eigenvalue weighted by atomic mass is 10.0. The minimum atomic E-state index is -0.831. The Bertz CT molecular complexity index is 462. The molecule has 1 aromatic rings. The first-order valence-corrected chi connectivity index (χ1v) is 7.12. The number of rotatable bonds is 8. The van der Waals surface area contributed by atoms with Crippen LogP contribution in [-0.4, -0.2) is 23.5 Å². The highest BCUT2D eigenvalue weighted by atomic mass is 35.5. The van der Waals surface area contributed by atoms with E-state index in [2.05, 4.69) is 5.32 Å². The molecule has 5 heteroatoms. The van der Waals surface area contributed by atoms with Crippen LogP contribution in [0, 0.1) is 5.92 Å². The van der Waals surface area contributed by atoms with Gasteiger partial charge in [0.15, 0.2) is 0 Å². The molecular formula is C15H20ClNO3. The zero-order chi connectivity index (χ0) is 15.0. The van der Waals surface area contributed by atoms with E-state index in [1.807, 2.05) is 25.1 Å². The van der Waals surface area contributed by atoms with Crippen LogP contribution in [0.2, 0.25) is 5.02 Å². The molecule has 1 aromatic carbocycles. The first-order valence-electron chi connectivity index (χ1n) is 6.74. The molecule has 0 spiro atoms. The van der Waals surface area contributed by atoms with Gasteiger partial charge in [-0.2, -0.15) is 0 Å². The molecular weight excluding hydrogens is 278 g/mol. The Labute approximate surface area is 124 Å². The van der Waals surface area contributed by atoms with Gasteiger partial charge in [-0.1, -0.05) is 43.1 Å². The van der Waals surface area contributed by atoms with Gasteiger partial charge in [0.05, 0.1) is 0 Å². The number of benzene rings is 1. The fraction of sp³-hybridized carbons (Fsp3) is 0.467. The number of carbonyl (C=O) groups is 2. The van der Waals surface area contributed by atoms with Gasteiger partial charge in [0.25, 0.3) is 0 Å². The molecule has 1 rings (SSSR count). The van der Waals surface area contributed by atoms with Gasteiger partial charge in [-0.05, 0) is 24.0 Å². The van der Waals surface area contributed by atoms with Gasteiger partial charge in [-0.3, -0.25) is 9.59 Å². The largest absolute Gasteiger partial charge is 0.481 e. The monoisotopic (exact) mass is 297 g/mol. The SMILES string of the molecule is CCC(CNC(=O)CCc1ccccc1Cl)CC(=O)O. The van der Waals surface area contributed by atoms with Crippen LogP contribution in [0.15, 0.2) is 24.3 Å². The maximum atomic E-state index is 11.7. The third-order valence-corrected chi connectivity index (χ3v) is 3.58. The summed E-state index contributed by atoms with van der Waals surface area (Å²) >= 11 is 6.02. The molecule has 0 heterocycles. The Kier molecular flexibility index (Phi) is 7.09. The van der Waals surface area contributed by atoms with Gasteiger partial charge >= 0.3 is 5.97 Å². The number of aliphatic carboxylic acids is 1. The molecule has 110 valence electrons. The van der Waals surface area contributed by atoms with Crippen molar-refractivity contribution < 1.29 is 14.7 Å².